The van der Waals surface area contributed by atoms with Gasteiger partial charge in [-0.05, 0) is 61.7 Å². The predicted molar refractivity (Wildman–Crippen MR) is 114 cm³/mol. The number of halogens is 3. The molecule has 0 saturated heterocycles. The third kappa shape index (κ3) is 4.82. The van der Waals surface area contributed by atoms with Crippen LogP contribution >= 0.6 is 15.9 Å². The van der Waals surface area contributed by atoms with Crippen molar-refractivity contribution in [2.24, 2.45) is 9.36 Å². The lowest BCUT2D eigenvalue weighted by Crippen LogP contribution is -2.52. The summed E-state index contributed by atoms with van der Waals surface area (Å²) < 4.78 is 54.5. The largest absolute Gasteiger partial charge is 0.460 e. The van der Waals surface area contributed by atoms with Gasteiger partial charge in [0.05, 0.1) is 12.3 Å². The van der Waals surface area contributed by atoms with Crippen LogP contribution in [0.1, 0.15) is 45.7 Å². The molecule has 0 spiro atoms. The average molecular weight is 507 g/mol. The minimum absolute atomic E-state index is 0.0879. The highest BCUT2D eigenvalue weighted by Gasteiger charge is 2.47. The van der Waals surface area contributed by atoms with Gasteiger partial charge < -0.3 is 4.74 Å². The zero-order chi connectivity index (χ0) is 22.2. The molecular weight excluding hydrogens is 482 g/mol. The van der Waals surface area contributed by atoms with Gasteiger partial charge in [-0.1, -0.05) is 0 Å². The maximum atomic E-state index is 14.7. The van der Waals surface area contributed by atoms with Crippen molar-refractivity contribution in [3.63, 3.8) is 0 Å². The molecule has 0 aromatic carbocycles. The molecule has 0 amide bonds. The molecule has 2 aliphatic heterocycles. The normalized spacial score (nSPS) is 26.9. The van der Waals surface area contributed by atoms with Crippen LogP contribution in [0.25, 0.3) is 0 Å². The van der Waals surface area contributed by atoms with Crippen molar-refractivity contribution >= 4 is 37.6 Å². The van der Waals surface area contributed by atoms with Gasteiger partial charge in [-0.2, -0.15) is 0 Å². The number of nitrogens with zero attached hydrogens (tertiary/aromatic N) is 4. The molecule has 0 N–H and O–H groups in total. The predicted octanol–water partition coefficient (Wildman–Crippen LogP) is 3.77. The van der Waals surface area contributed by atoms with Crippen molar-refractivity contribution in [2.45, 2.75) is 51.2 Å². The summed E-state index contributed by atoms with van der Waals surface area (Å²) in [5.74, 6) is -1.61. The van der Waals surface area contributed by atoms with Crippen LogP contribution in [-0.2, 0) is 25.0 Å². The number of aliphatic imine (C=N–C) groups is 1. The minimum Gasteiger partial charge on any atom is -0.460 e. The van der Waals surface area contributed by atoms with Crippen molar-refractivity contribution in [1.29, 1.82) is 0 Å². The molecule has 11 heteroatoms. The molecule has 166 valence electrons. The molecule has 0 radical (unpaired) electrons. The number of fused-ring (bicyclic) bond motifs is 1. The number of pyridine rings is 1. The van der Waals surface area contributed by atoms with E-state index in [1.807, 2.05) is 0 Å². The number of carbonyl (C=O) groups is 1. The molecule has 0 fully saturated rings. The first-order valence-electron chi connectivity index (χ1n) is 9.65. The van der Waals surface area contributed by atoms with Gasteiger partial charge in [0.2, 0.25) is 0 Å². The fraction of sp³-hybridized carbons (Fsp3) is 0.632. The highest BCUT2D eigenvalue weighted by Crippen LogP contribution is 2.37. The Labute approximate surface area is 183 Å². The third-order valence-corrected chi connectivity index (χ3v) is 7.62. The SMILES string of the molecule is CC(C)(C)OC(=O)CC1=N[C@](CF)(c2nc(Br)ccc2F)CS2(=O)=NCCCCN12. The topological polar surface area (TPSA) is 84.2 Å². The van der Waals surface area contributed by atoms with Gasteiger partial charge in [-0.15, -0.1) is 0 Å². The Morgan fingerprint density at radius 3 is 2.77 bits per heavy atom. The summed E-state index contributed by atoms with van der Waals surface area (Å²) in [5.41, 5.74) is -2.83. The highest BCUT2D eigenvalue weighted by molar-refractivity contribution is 9.10. The van der Waals surface area contributed by atoms with Gasteiger partial charge in [-0.3, -0.25) is 14.1 Å². The Hall–Kier alpha value is -1.62. The van der Waals surface area contributed by atoms with Crippen LogP contribution in [0.15, 0.2) is 26.1 Å². The van der Waals surface area contributed by atoms with E-state index in [1.165, 1.54) is 10.4 Å². The Bertz CT molecular complexity index is 988. The molecule has 0 saturated carbocycles. The molecule has 1 aromatic rings. The molecule has 1 unspecified atom stereocenters. The van der Waals surface area contributed by atoms with Gasteiger partial charge in [-0.25, -0.2) is 22.3 Å². The third-order valence-electron chi connectivity index (χ3n) is 4.66. The Morgan fingerprint density at radius 1 is 1.37 bits per heavy atom. The second-order valence-corrected chi connectivity index (χ2v) is 11.3. The van der Waals surface area contributed by atoms with Crippen molar-refractivity contribution in [3.8, 4) is 0 Å². The molecule has 2 aliphatic rings. The van der Waals surface area contributed by atoms with Crippen LogP contribution in [0.5, 0.6) is 0 Å². The first kappa shape index (κ1) is 23.1. The molecule has 2 atom stereocenters. The van der Waals surface area contributed by atoms with E-state index in [0.29, 0.717) is 30.5 Å². The molecule has 7 nitrogen and oxygen atoms in total. The maximum Gasteiger partial charge on any atom is 0.313 e. The standard InChI is InChI=1S/C19H25BrF2N4O3S/c1-18(2,3)29-16(27)10-15-25-19(11-21,17-13(22)6-7-14(20)24-17)12-30(28)23-8-4-5-9-26(15)30/h6-7H,4-5,8-12H2,1-3H3/t19-,30?/m0/s1. The lowest BCUT2D eigenvalue weighted by atomic mass is 9.98. The molecule has 0 aliphatic carbocycles. The number of esters is 1. The van der Waals surface area contributed by atoms with E-state index in [9.17, 15) is 17.8 Å². The van der Waals surface area contributed by atoms with Gasteiger partial charge in [0.1, 0.15) is 56.1 Å². The first-order chi connectivity index (χ1) is 14.0. The summed E-state index contributed by atoms with van der Waals surface area (Å²) in [6.07, 6.45) is 1.08. The van der Waals surface area contributed by atoms with E-state index < -0.39 is 39.5 Å². The summed E-state index contributed by atoms with van der Waals surface area (Å²) in [7, 11) is -3.15. The lowest BCUT2D eigenvalue weighted by molar-refractivity contribution is -0.153. The smallest absolute Gasteiger partial charge is 0.313 e. The average Bonchev–Trinajstić information content (AvgIpc) is 2.83. The molecule has 3 rings (SSSR count). The van der Waals surface area contributed by atoms with E-state index in [0.717, 1.165) is 6.07 Å². The Kier molecular flexibility index (Phi) is 6.52. The van der Waals surface area contributed by atoms with Gasteiger partial charge in [0.15, 0.2) is 0 Å². The molecule has 3 heterocycles. The summed E-state index contributed by atoms with van der Waals surface area (Å²) in [5, 5.41) is 0. The second-order valence-electron chi connectivity index (χ2n) is 8.33. The van der Waals surface area contributed by atoms with E-state index in [1.54, 1.807) is 20.8 Å². The molecule has 0 bridgehead atoms. The number of hydrogen-bond donors (Lipinski definition) is 0. The Balaban J connectivity index is 2.15. The zero-order valence-electron chi connectivity index (χ0n) is 17.2. The van der Waals surface area contributed by atoms with Crippen molar-refractivity contribution < 1.29 is 22.5 Å². The van der Waals surface area contributed by atoms with E-state index >= 15 is 0 Å². The lowest BCUT2D eigenvalue weighted by Gasteiger charge is -2.39. The van der Waals surface area contributed by atoms with Crippen molar-refractivity contribution in [2.75, 3.05) is 25.5 Å². The fourth-order valence-electron chi connectivity index (χ4n) is 3.48. The minimum atomic E-state index is -3.15. The van der Waals surface area contributed by atoms with Crippen LogP contribution < -0.4 is 0 Å². The monoisotopic (exact) mass is 506 g/mol. The quantitative estimate of drug-likeness (QED) is 0.459. The maximum absolute atomic E-state index is 14.7. The highest BCUT2D eigenvalue weighted by atomic mass is 79.9. The van der Waals surface area contributed by atoms with Crippen LogP contribution in [0.3, 0.4) is 0 Å². The van der Waals surface area contributed by atoms with Gasteiger partial charge in [0.25, 0.3) is 0 Å². The Morgan fingerprint density at radius 2 is 2.10 bits per heavy atom. The van der Waals surface area contributed by atoms with Crippen LogP contribution in [0.4, 0.5) is 8.78 Å². The van der Waals surface area contributed by atoms with Crippen LogP contribution in [-0.4, -0.2) is 56.4 Å². The number of amidine groups is 1. The fourth-order valence-corrected chi connectivity index (χ4v) is 6.34. The van der Waals surface area contributed by atoms with Crippen molar-refractivity contribution in [3.05, 3.63) is 28.2 Å². The van der Waals surface area contributed by atoms with Crippen LogP contribution in [0.2, 0.25) is 0 Å². The zero-order valence-corrected chi connectivity index (χ0v) is 19.6. The van der Waals surface area contributed by atoms with Crippen LogP contribution in [0, 0.1) is 5.82 Å². The summed E-state index contributed by atoms with van der Waals surface area (Å²) in [6, 6.07) is 2.54. The number of alkyl halides is 1. The number of hydrogen-bond acceptors (Lipinski definition) is 6. The second kappa shape index (κ2) is 8.49. The summed E-state index contributed by atoms with van der Waals surface area (Å²) in [4.78, 5) is 21.1. The number of rotatable bonds is 4. The molecule has 30 heavy (non-hydrogen) atoms. The summed E-state index contributed by atoms with van der Waals surface area (Å²) >= 11 is 3.17. The first-order valence-corrected chi connectivity index (χ1v) is 12.1. The van der Waals surface area contributed by atoms with Gasteiger partial charge in [0, 0.05) is 6.54 Å². The molecular formula is C19H25BrF2N4O3S. The summed E-state index contributed by atoms with van der Waals surface area (Å²) in [6.45, 7) is 4.75. The number of aromatic nitrogens is 1. The van der Waals surface area contributed by atoms with Crippen molar-refractivity contribution in [1.82, 2.24) is 9.29 Å². The number of ether oxygens (including phenoxy) is 1. The van der Waals surface area contributed by atoms with Gasteiger partial charge >= 0.3 is 5.97 Å². The number of carbonyl (C=O) groups excluding carboxylic acids is 1. The van der Waals surface area contributed by atoms with E-state index in [2.05, 4.69) is 30.3 Å². The van der Waals surface area contributed by atoms with E-state index in [4.69, 9.17) is 4.74 Å². The van der Waals surface area contributed by atoms with E-state index in [-0.39, 0.29) is 23.7 Å². The molecule has 1 aromatic heterocycles.